The first-order valence-electron chi connectivity index (χ1n) is 6.08. The van der Waals surface area contributed by atoms with Gasteiger partial charge in [-0.1, -0.05) is 15.9 Å². The van der Waals surface area contributed by atoms with Gasteiger partial charge < -0.3 is 11.1 Å². The van der Waals surface area contributed by atoms with Crippen LogP contribution in [-0.2, 0) is 10.0 Å². The van der Waals surface area contributed by atoms with Gasteiger partial charge in [0.25, 0.3) is 5.91 Å². The van der Waals surface area contributed by atoms with Crippen LogP contribution in [0.5, 0.6) is 0 Å². The molecule has 0 aliphatic rings. The topological polar surface area (TPSA) is 115 Å². The van der Waals surface area contributed by atoms with Crippen molar-refractivity contribution >= 4 is 44.3 Å². The highest BCUT2D eigenvalue weighted by Gasteiger charge is 2.19. The Hall–Kier alpha value is -0.670. The SMILES string of the molecule is Cc1c(C(=O)NCCCCN)cc(Br)cc1S(N)(=O)=O.Cl. The molecule has 0 aliphatic carbocycles. The van der Waals surface area contributed by atoms with Crippen LogP contribution in [0.3, 0.4) is 0 Å². The van der Waals surface area contributed by atoms with E-state index in [0.29, 0.717) is 23.1 Å². The van der Waals surface area contributed by atoms with Crippen molar-refractivity contribution in [3.05, 3.63) is 27.7 Å². The number of primary sulfonamides is 1. The van der Waals surface area contributed by atoms with E-state index in [1.807, 2.05) is 0 Å². The molecule has 21 heavy (non-hydrogen) atoms. The summed E-state index contributed by atoms with van der Waals surface area (Å²) in [6, 6.07) is 2.96. The van der Waals surface area contributed by atoms with Gasteiger partial charge in [0.15, 0.2) is 0 Å². The summed E-state index contributed by atoms with van der Waals surface area (Å²) in [5.74, 6) is -0.328. The molecule has 1 aromatic carbocycles. The summed E-state index contributed by atoms with van der Waals surface area (Å²) in [6.45, 7) is 2.62. The molecule has 0 bridgehead atoms. The highest BCUT2D eigenvalue weighted by molar-refractivity contribution is 9.10. The maximum atomic E-state index is 12.1. The van der Waals surface area contributed by atoms with E-state index in [0.717, 1.165) is 12.8 Å². The zero-order valence-corrected chi connectivity index (χ0v) is 14.8. The minimum absolute atomic E-state index is 0. The van der Waals surface area contributed by atoms with Crippen LogP contribution in [0.4, 0.5) is 0 Å². The van der Waals surface area contributed by atoms with Crippen molar-refractivity contribution in [2.45, 2.75) is 24.7 Å². The van der Waals surface area contributed by atoms with Gasteiger partial charge in [-0.2, -0.15) is 0 Å². The number of carbonyl (C=O) groups is 1. The van der Waals surface area contributed by atoms with Crippen LogP contribution < -0.4 is 16.2 Å². The maximum Gasteiger partial charge on any atom is 0.251 e. The van der Waals surface area contributed by atoms with Crippen molar-refractivity contribution < 1.29 is 13.2 Å². The van der Waals surface area contributed by atoms with E-state index in [1.165, 1.54) is 6.07 Å². The number of hydrogen-bond acceptors (Lipinski definition) is 4. The van der Waals surface area contributed by atoms with E-state index < -0.39 is 10.0 Å². The third kappa shape index (κ3) is 5.91. The van der Waals surface area contributed by atoms with E-state index in [-0.39, 0.29) is 28.8 Å². The molecule has 0 unspecified atom stereocenters. The standard InChI is InChI=1S/C12H18BrN3O3S.ClH/c1-8-10(12(17)16-5-3-2-4-14)6-9(13)7-11(8)20(15,18)19;/h6-7H,2-5,14H2,1H3,(H,16,17)(H2,15,18,19);1H. The van der Waals surface area contributed by atoms with E-state index >= 15 is 0 Å². The van der Waals surface area contributed by atoms with Gasteiger partial charge in [0, 0.05) is 16.6 Å². The molecule has 6 nitrogen and oxygen atoms in total. The molecule has 1 aromatic rings. The number of nitrogens with one attached hydrogen (secondary N) is 1. The molecule has 0 saturated carbocycles. The lowest BCUT2D eigenvalue weighted by atomic mass is 10.1. The quantitative estimate of drug-likeness (QED) is 0.624. The van der Waals surface area contributed by atoms with E-state index in [9.17, 15) is 13.2 Å². The van der Waals surface area contributed by atoms with Crippen molar-refractivity contribution in [2.24, 2.45) is 10.9 Å². The summed E-state index contributed by atoms with van der Waals surface area (Å²) >= 11 is 3.18. The van der Waals surface area contributed by atoms with Gasteiger partial charge in [-0.05, 0) is 44.0 Å². The van der Waals surface area contributed by atoms with Gasteiger partial charge in [-0.25, -0.2) is 13.6 Å². The predicted molar refractivity (Wildman–Crippen MR) is 88.1 cm³/mol. The molecule has 1 amide bonds. The van der Waals surface area contributed by atoms with Crippen LogP contribution in [0.1, 0.15) is 28.8 Å². The Bertz CT molecular complexity index is 608. The molecule has 0 heterocycles. The average Bonchev–Trinajstić information content (AvgIpc) is 2.35. The molecule has 120 valence electrons. The molecule has 0 radical (unpaired) electrons. The van der Waals surface area contributed by atoms with Gasteiger partial charge in [-0.15, -0.1) is 12.4 Å². The Labute approximate surface area is 139 Å². The smallest absolute Gasteiger partial charge is 0.251 e. The third-order valence-electron chi connectivity index (χ3n) is 2.79. The first-order chi connectivity index (χ1) is 9.27. The number of amides is 1. The Morgan fingerprint density at radius 2 is 1.95 bits per heavy atom. The zero-order chi connectivity index (χ0) is 15.3. The van der Waals surface area contributed by atoms with Crippen LogP contribution in [0.25, 0.3) is 0 Å². The second kappa shape index (κ2) is 8.70. The van der Waals surface area contributed by atoms with Crippen LogP contribution >= 0.6 is 28.3 Å². The molecule has 9 heteroatoms. The minimum atomic E-state index is -3.87. The number of hydrogen-bond donors (Lipinski definition) is 3. The first-order valence-corrected chi connectivity index (χ1v) is 8.42. The number of rotatable bonds is 6. The number of benzene rings is 1. The van der Waals surface area contributed by atoms with Gasteiger partial charge in [0.05, 0.1) is 4.90 Å². The van der Waals surface area contributed by atoms with Crippen molar-refractivity contribution in [3.63, 3.8) is 0 Å². The molecule has 0 aromatic heterocycles. The van der Waals surface area contributed by atoms with Crippen LogP contribution in [0.15, 0.2) is 21.5 Å². The van der Waals surface area contributed by atoms with Crippen molar-refractivity contribution in [1.82, 2.24) is 5.32 Å². The fourth-order valence-corrected chi connectivity index (χ4v) is 3.19. The Kier molecular flexibility index (Phi) is 8.42. The number of halogens is 2. The molecule has 0 saturated heterocycles. The Balaban J connectivity index is 0.00000400. The second-order valence-corrected chi connectivity index (χ2v) is 6.82. The maximum absolute atomic E-state index is 12.1. The summed E-state index contributed by atoms with van der Waals surface area (Å²) in [5, 5.41) is 7.87. The second-order valence-electron chi connectivity index (χ2n) is 4.37. The largest absolute Gasteiger partial charge is 0.352 e. The predicted octanol–water partition coefficient (Wildman–Crippen LogP) is 1.30. The van der Waals surface area contributed by atoms with Crippen LogP contribution in [0.2, 0.25) is 0 Å². The Morgan fingerprint density at radius 1 is 1.33 bits per heavy atom. The van der Waals surface area contributed by atoms with E-state index in [1.54, 1.807) is 13.0 Å². The molecule has 0 fully saturated rings. The van der Waals surface area contributed by atoms with E-state index in [4.69, 9.17) is 10.9 Å². The molecule has 5 N–H and O–H groups in total. The number of nitrogens with two attached hydrogens (primary N) is 2. The number of carbonyl (C=O) groups excluding carboxylic acids is 1. The number of sulfonamides is 1. The zero-order valence-electron chi connectivity index (χ0n) is 11.6. The lowest BCUT2D eigenvalue weighted by Gasteiger charge is -2.11. The molecule has 0 atom stereocenters. The summed E-state index contributed by atoms with van der Waals surface area (Å²) in [4.78, 5) is 12.0. The number of unbranched alkanes of at least 4 members (excludes halogenated alkanes) is 1. The monoisotopic (exact) mass is 399 g/mol. The molecule has 0 spiro atoms. The van der Waals surface area contributed by atoms with Crippen LogP contribution in [-0.4, -0.2) is 27.4 Å². The van der Waals surface area contributed by atoms with Crippen LogP contribution in [0, 0.1) is 6.92 Å². The minimum Gasteiger partial charge on any atom is -0.352 e. The summed E-state index contributed by atoms with van der Waals surface area (Å²) in [5.41, 5.74) is 6.00. The lowest BCUT2D eigenvalue weighted by molar-refractivity contribution is 0.0952. The van der Waals surface area contributed by atoms with Crippen molar-refractivity contribution in [2.75, 3.05) is 13.1 Å². The van der Waals surface area contributed by atoms with Gasteiger partial charge >= 0.3 is 0 Å². The van der Waals surface area contributed by atoms with Crippen molar-refractivity contribution in [1.29, 1.82) is 0 Å². The Morgan fingerprint density at radius 3 is 2.48 bits per heavy atom. The fraction of sp³-hybridized carbons (Fsp3) is 0.417. The molecule has 0 aliphatic heterocycles. The molecular formula is C12H19BrClN3O3S. The highest BCUT2D eigenvalue weighted by atomic mass is 79.9. The fourth-order valence-electron chi connectivity index (χ4n) is 1.75. The lowest BCUT2D eigenvalue weighted by Crippen LogP contribution is -2.26. The third-order valence-corrected chi connectivity index (χ3v) is 4.29. The normalized spacial score (nSPS) is 10.9. The van der Waals surface area contributed by atoms with Gasteiger partial charge in [0.2, 0.25) is 10.0 Å². The molecule has 1 rings (SSSR count). The van der Waals surface area contributed by atoms with Gasteiger partial charge in [0.1, 0.15) is 0 Å². The highest BCUT2D eigenvalue weighted by Crippen LogP contribution is 2.24. The molecular weight excluding hydrogens is 382 g/mol. The summed E-state index contributed by atoms with van der Waals surface area (Å²) < 4.78 is 23.5. The average molecular weight is 401 g/mol. The summed E-state index contributed by atoms with van der Waals surface area (Å²) in [6.07, 6.45) is 1.59. The van der Waals surface area contributed by atoms with E-state index in [2.05, 4.69) is 21.2 Å². The summed E-state index contributed by atoms with van der Waals surface area (Å²) in [7, 11) is -3.87. The van der Waals surface area contributed by atoms with Gasteiger partial charge in [-0.3, -0.25) is 4.79 Å². The first kappa shape index (κ1) is 20.3. The van der Waals surface area contributed by atoms with Crippen molar-refractivity contribution in [3.8, 4) is 0 Å².